The van der Waals surface area contributed by atoms with E-state index in [2.05, 4.69) is 5.32 Å². The molecule has 0 fully saturated rings. The number of aliphatic carboxylic acids is 1. The number of carbonyl (C=O) groups is 2. The quantitative estimate of drug-likeness (QED) is 0.847. The van der Waals surface area contributed by atoms with Gasteiger partial charge in [0.15, 0.2) is 0 Å². The maximum atomic E-state index is 11.9. The number of carboxylic acid groups (broad SMARTS) is 1. The molecule has 0 saturated heterocycles. The summed E-state index contributed by atoms with van der Waals surface area (Å²) in [7, 11) is 3.73. The Morgan fingerprint density at radius 3 is 2.55 bits per heavy atom. The molecule has 0 aliphatic carbocycles. The van der Waals surface area contributed by atoms with Gasteiger partial charge < -0.3 is 15.3 Å². The van der Waals surface area contributed by atoms with Gasteiger partial charge >= 0.3 is 5.97 Å². The summed E-state index contributed by atoms with van der Waals surface area (Å²) in [6.45, 7) is 1.73. The molecule has 2 N–H and O–H groups in total. The average Bonchev–Trinajstić information content (AvgIpc) is 2.26. The van der Waals surface area contributed by atoms with Gasteiger partial charge in [0.1, 0.15) is 0 Å². The van der Waals surface area contributed by atoms with E-state index in [0.717, 1.165) is 5.69 Å². The average molecular weight is 299 g/mol. The first-order chi connectivity index (χ1) is 9.29. The number of carbonyl (C=O) groups excluding carboxylic acids is 1. The van der Waals surface area contributed by atoms with Gasteiger partial charge in [-0.25, -0.2) is 0 Å². The maximum Gasteiger partial charge on any atom is 0.303 e. The summed E-state index contributed by atoms with van der Waals surface area (Å²) in [5.74, 6) is -1.33. The maximum absolute atomic E-state index is 11.9. The monoisotopic (exact) mass is 298 g/mol. The summed E-state index contributed by atoms with van der Waals surface area (Å²) in [6.07, 6.45) is 0.134. The Balaban J connectivity index is 2.75. The van der Waals surface area contributed by atoms with E-state index in [9.17, 15) is 9.59 Å². The lowest BCUT2D eigenvalue weighted by atomic mass is 10.0. The van der Waals surface area contributed by atoms with Crippen LogP contribution in [0.1, 0.15) is 19.8 Å². The highest BCUT2D eigenvalue weighted by Gasteiger charge is 2.14. The van der Waals surface area contributed by atoms with E-state index in [1.54, 1.807) is 19.1 Å². The molecule has 1 atom stereocenters. The number of carboxylic acids is 1. The molecule has 0 saturated carbocycles. The van der Waals surface area contributed by atoms with E-state index in [4.69, 9.17) is 16.7 Å². The molecule has 5 nitrogen and oxygen atoms in total. The molecule has 0 aliphatic rings. The molecule has 1 rings (SSSR count). The second-order valence-corrected chi connectivity index (χ2v) is 5.45. The Hall–Kier alpha value is -1.75. The van der Waals surface area contributed by atoms with Crippen LogP contribution in [0.2, 0.25) is 5.02 Å². The molecule has 1 aromatic rings. The van der Waals surface area contributed by atoms with Gasteiger partial charge in [0, 0.05) is 32.0 Å². The Bertz CT molecular complexity index is 503. The van der Waals surface area contributed by atoms with Crippen LogP contribution in [-0.4, -0.2) is 31.1 Å². The fourth-order valence-corrected chi connectivity index (χ4v) is 2.06. The summed E-state index contributed by atoms with van der Waals surface area (Å²) >= 11 is 5.93. The van der Waals surface area contributed by atoms with Gasteiger partial charge in [-0.3, -0.25) is 9.59 Å². The van der Waals surface area contributed by atoms with Crippen LogP contribution in [-0.2, 0) is 9.59 Å². The van der Waals surface area contributed by atoms with Crippen molar-refractivity contribution in [2.45, 2.75) is 19.8 Å². The van der Waals surface area contributed by atoms with Crippen molar-refractivity contribution >= 4 is 34.9 Å². The lowest BCUT2D eigenvalue weighted by Gasteiger charge is -2.18. The smallest absolute Gasteiger partial charge is 0.303 e. The zero-order chi connectivity index (χ0) is 15.3. The summed E-state index contributed by atoms with van der Waals surface area (Å²) < 4.78 is 0. The minimum absolute atomic E-state index is 0.0243. The highest BCUT2D eigenvalue weighted by Crippen LogP contribution is 2.28. The van der Waals surface area contributed by atoms with Crippen LogP contribution in [0.4, 0.5) is 11.4 Å². The van der Waals surface area contributed by atoms with Crippen LogP contribution >= 0.6 is 11.6 Å². The third kappa shape index (κ3) is 5.09. The minimum Gasteiger partial charge on any atom is -0.481 e. The highest BCUT2D eigenvalue weighted by molar-refractivity contribution is 6.31. The van der Waals surface area contributed by atoms with E-state index in [1.807, 2.05) is 25.1 Å². The van der Waals surface area contributed by atoms with Crippen LogP contribution in [0.25, 0.3) is 0 Å². The minimum atomic E-state index is -0.901. The van der Waals surface area contributed by atoms with Gasteiger partial charge in [0.2, 0.25) is 5.91 Å². The molecule has 0 radical (unpaired) electrons. The SMILES string of the molecule is CC(CC(=O)O)CC(=O)Nc1cc(Cl)ccc1N(C)C. The number of anilines is 2. The van der Waals surface area contributed by atoms with Crippen molar-refractivity contribution in [2.24, 2.45) is 5.92 Å². The summed E-state index contributed by atoms with van der Waals surface area (Å²) in [5, 5.41) is 12.0. The zero-order valence-corrected chi connectivity index (χ0v) is 12.6. The fraction of sp³-hybridized carbons (Fsp3) is 0.429. The van der Waals surface area contributed by atoms with Gasteiger partial charge in [0.05, 0.1) is 11.4 Å². The number of amides is 1. The molecule has 6 heteroatoms. The van der Waals surface area contributed by atoms with Crippen molar-refractivity contribution < 1.29 is 14.7 Å². The second kappa shape index (κ2) is 7.14. The summed E-state index contributed by atoms with van der Waals surface area (Å²) in [6, 6.07) is 5.24. The van der Waals surface area contributed by atoms with Crippen molar-refractivity contribution in [3.63, 3.8) is 0 Å². The molecule has 20 heavy (non-hydrogen) atoms. The first-order valence-corrected chi connectivity index (χ1v) is 6.66. The number of hydrogen-bond donors (Lipinski definition) is 2. The predicted molar refractivity (Wildman–Crippen MR) is 80.4 cm³/mol. The summed E-state index contributed by atoms with van der Waals surface area (Å²) in [5.41, 5.74) is 1.46. The van der Waals surface area contributed by atoms with E-state index in [1.165, 1.54) is 0 Å². The van der Waals surface area contributed by atoms with Crippen molar-refractivity contribution in [1.29, 1.82) is 0 Å². The van der Waals surface area contributed by atoms with Crippen molar-refractivity contribution in [1.82, 2.24) is 0 Å². The highest BCUT2D eigenvalue weighted by atomic mass is 35.5. The molecular weight excluding hydrogens is 280 g/mol. The topological polar surface area (TPSA) is 69.6 Å². The van der Waals surface area contributed by atoms with Crippen LogP contribution in [0, 0.1) is 5.92 Å². The van der Waals surface area contributed by atoms with E-state index in [0.29, 0.717) is 10.7 Å². The third-order valence-electron chi connectivity index (χ3n) is 2.77. The fourth-order valence-electron chi connectivity index (χ4n) is 1.89. The van der Waals surface area contributed by atoms with Gasteiger partial charge in [-0.1, -0.05) is 18.5 Å². The number of rotatable bonds is 6. The molecule has 0 heterocycles. The lowest BCUT2D eigenvalue weighted by molar-refractivity contribution is -0.138. The van der Waals surface area contributed by atoms with E-state index in [-0.39, 0.29) is 24.7 Å². The molecule has 1 aromatic carbocycles. The molecule has 0 bridgehead atoms. The number of halogens is 1. The first-order valence-electron chi connectivity index (χ1n) is 6.28. The van der Waals surface area contributed by atoms with E-state index >= 15 is 0 Å². The van der Waals surface area contributed by atoms with E-state index < -0.39 is 5.97 Å². The van der Waals surface area contributed by atoms with Crippen LogP contribution < -0.4 is 10.2 Å². The van der Waals surface area contributed by atoms with Crippen LogP contribution in [0.3, 0.4) is 0 Å². The van der Waals surface area contributed by atoms with Crippen LogP contribution in [0.15, 0.2) is 18.2 Å². The molecule has 1 amide bonds. The molecular formula is C14H19ClN2O3. The van der Waals surface area contributed by atoms with Gasteiger partial charge in [-0.05, 0) is 24.1 Å². The van der Waals surface area contributed by atoms with Gasteiger partial charge in [-0.15, -0.1) is 0 Å². The molecule has 1 unspecified atom stereocenters. The Kier molecular flexibility index (Phi) is 5.82. The predicted octanol–water partition coefficient (Wildman–Crippen LogP) is 2.85. The standard InChI is InChI=1S/C14H19ClN2O3/c1-9(7-14(19)20)6-13(18)16-11-8-10(15)4-5-12(11)17(2)3/h4-5,8-9H,6-7H2,1-3H3,(H,16,18)(H,19,20). The molecule has 0 aromatic heterocycles. The number of benzene rings is 1. The largest absolute Gasteiger partial charge is 0.481 e. The number of nitrogens with one attached hydrogen (secondary N) is 1. The lowest BCUT2D eigenvalue weighted by Crippen LogP contribution is -2.19. The van der Waals surface area contributed by atoms with Gasteiger partial charge in [0.25, 0.3) is 0 Å². The molecule has 0 spiro atoms. The Morgan fingerprint density at radius 1 is 1.35 bits per heavy atom. The Morgan fingerprint density at radius 2 is 2.00 bits per heavy atom. The molecule has 0 aliphatic heterocycles. The zero-order valence-electron chi connectivity index (χ0n) is 11.8. The van der Waals surface area contributed by atoms with Crippen molar-refractivity contribution in [3.8, 4) is 0 Å². The third-order valence-corrected chi connectivity index (χ3v) is 3.01. The van der Waals surface area contributed by atoms with Crippen molar-refractivity contribution in [2.75, 3.05) is 24.3 Å². The normalized spacial score (nSPS) is 11.8. The van der Waals surface area contributed by atoms with Gasteiger partial charge in [-0.2, -0.15) is 0 Å². The second-order valence-electron chi connectivity index (χ2n) is 5.01. The first kappa shape index (κ1) is 16.3. The number of nitrogens with zero attached hydrogens (tertiary/aromatic N) is 1. The van der Waals surface area contributed by atoms with Crippen molar-refractivity contribution in [3.05, 3.63) is 23.2 Å². The Labute approximate surface area is 123 Å². The molecule has 110 valence electrons. The summed E-state index contributed by atoms with van der Waals surface area (Å²) in [4.78, 5) is 24.4. The van der Waals surface area contributed by atoms with Crippen LogP contribution in [0.5, 0.6) is 0 Å². The number of hydrogen-bond acceptors (Lipinski definition) is 3.